The van der Waals surface area contributed by atoms with Gasteiger partial charge in [0.1, 0.15) is 15.7 Å². The van der Waals surface area contributed by atoms with E-state index in [4.69, 9.17) is 9.47 Å². The molecule has 1 fully saturated rings. The first-order valence-corrected chi connectivity index (χ1v) is 13.4. The molecule has 2 aromatic rings. The van der Waals surface area contributed by atoms with Gasteiger partial charge >= 0.3 is 11.9 Å². The van der Waals surface area contributed by atoms with Crippen LogP contribution in [-0.4, -0.2) is 51.6 Å². The van der Waals surface area contributed by atoms with Gasteiger partial charge in [0.15, 0.2) is 5.16 Å². The van der Waals surface area contributed by atoms with E-state index in [2.05, 4.69) is 15.5 Å². The number of hydrogen-bond donors (Lipinski definition) is 1. The van der Waals surface area contributed by atoms with Gasteiger partial charge < -0.3 is 19.4 Å². The van der Waals surface area contributed by atoms with Crippen molar-refractivity contribution in [2.75, 3.05) is 24.3 Å². The Hall–Kier alpha value is -2.40. The van der Waals surface area contributed by atoms with Crippen LogP contribution >= 0.6 is 23.1 Å². The molecule has 0 saturated heterocycles. The van der Waals surface area contributed by atoms with E-state index in [1.807, 2.05) is 11.6 Å². The summed E-state index contributed by atoms with van der Waals surface area (Å²) in [5.74, 6) is 0.236. The third-order valence-corrected chi connectivity index (χ3v) is 8.00. The second-order valence-electron chi connectivity index (χ2n) is 8.20. The van der Waals surface area contributed by atoms with Crippen molar-refractivity contribution in [3.63, 3.8) is 0 Å². The van der Waals surface area contributed by atoms with Gasteiger partial charge in [0.25, 0.3) is 0 Å². The molecule has 0 unspecified atom stereocenters. The van der Waals surface area contributed by atoms with Crippen LogP contribution in [0.15, 0.2) is 5.16 Å². The highest BCUT2D eigenvalue weighted by atomic mass is 32.2. The lowest BCUT2D eigenvalue weighted by molar-refractivity contribution is -0.113. The Morgan fingerprint density at radius 1 is 1.09 bits per heavy atom. The molecule has 0 aromatic carbocycles. The van der Waals surface area contributed by atoms with E-state index < -0.39 is 11.9 Å². The molecule has 3 rings (SSSR count). The molecule has 1 N–H and O–H groups in total. The molecule has 1 aliphatic rings. The summed E-state index contributed by atoms with van der Waals surface area (Å²) in [7, 11) is 1.92. The fraction of sp³-hybridized carbons (Fsp3) is 0.609. The highest BCUT2D eigenvalue weighted by molar-refractivity contribution is 7.99. The fourth-order valence-electron chi connectivity index (χ4n) is 4.03. The van der Waals surface area contributed by atoms with Crippen molar-refractivity contribution in [2.45, 2.75) is 64.5 Å². The number of rotatable bonds is 10. The largest absolute Gasteiger partial charge is 0.462 e. The second kappa shape index (κ2) is 12.3. The minimum atomic E-state index is -0.588. The highest BCUT2D eigenvalue weighted by Crippen LogP contribution is 2.34. The van der Waals surface area contributed by atoms with Gasteiger partial charge in [-0.25, -0.2) is 9.59 Å². The van der Waals surface area contributed by atoms with Crippen LogP contribution in [0, 0.1) is 12.8 Å². The molecule has 1 saturated carbocycles. The predicted octanol–water partition coefficient (Wildman–Crippen LogP) is 4.39. The molecule has 34 heavy (non-hydrogen) atoms. The number of esters is 2. The number of thioether (sulfide) groups is 1. The van der Waals surface area contributed by atoms with Gasteiger partial charge in [-0.15, -0.1) is 21.5 Å². The van der Waals surface area contributed by atoms with Gasteiger partial charge in [-0.2, -0.15) is 0 Å². The van der Waals surface area contributed by atoms with Crippen LogP contribution in [0.2, 0.25) is 0 Å². The number of aromatic nitrogens is 3. The zero-order chi connectivity index (χ0) is 24.7. The standard InChI is InChI=1S/C23H32N4O5S2/c1-5-31-21(29)18-14(3)19(22(30)32-6-2)34-20(18)24-17(28)13-33-23-26-25-16(27(23)4)12-15-10-8-7-9-11-15/h15H,5-13H2,1-4H3,(H,24,28). The van der Waals surface area contributed by atoms with Crippen LogP contribution in [0.4, 0.5) is 5.00 Å². The van der Waals surface area contributed by atoms with Gasteiger partial charge in [-0.05, 0) is 32.3 Å². The van der Waals surface area contributed by atoms with Crippen LogP contribution < -0.4 is 5.32 Å². The first-order chi connectivity index (χ1) is 16.3. The third kappa shape index (κ3) is 6.38. The number of nitrogens with one attached hydrogen (secondary N) is 1. The van der Waals surface area contributed by atoms with Crippen LogP contribution in [0.3, 0.4) is 0 Å². The van der Waals surface area contributed by atoms with E-state index >= 15 is 0 Å². The van der Waals surface area contributed by atoms with Crippen LogP contribution in [0.5, 0.6) is 0 Å². The Labute approximate surface area is 208 Å². The highest BCUT2D eigenvalue weighted by Gasteiger charge is 2.27. The molecule has 0 bridgehead atoms. The maximum absolute atomic E-state index is 12.7. The summed E-state index contributed by atoms with van der Waals surface area (Å²) in [6.45, 7) is 5.45. The Bertz CT molecular complexity index is 1030. The smallest absolute Gasteiger partial charge is 0.348 e. The van der Waals surface area contributed by atoms with Gasteiger partial charge in [-0.1, -0.05) is 43.9 Å². The van der Waals surface area contributed by atoms with E-state index in [1.165, 1.54) is 43.9 Å². The Balaban J connectivity index is 1.67. The average molecular weight is 509 g/mol. The molecule has 2 heterocycles. The number of carbonyl (C=O) groups is 3. The Morgan fingerprint density at radius 2 is 1.76 bits per heavy atom. The van der Waals surface area contributed by atoms with Crippen LogP contribution in [0.25, 0.3) is 0 Å². The van der Waals surface area contributed by atoms with Gasteiger partial charge in [0.05, 0.1) is 24.5 Å². The van der Waals surface area contributed by atoms with Crippen molar-refractivity contribution < 1.29 is 23.9 Å². The molecule has 0 spiro atoms. The zero-order valence-electron chi connectivity index (χ0n) is 20.1. The molecule has 0 radical (unpaired) electrons. The van der Waals surface area contributed by atoms with Crippen molar-refractivity contribution in [1.82, 2.24) is 14.8 Å². The number of amides is 1. The molecule has 0 aliphatic heterocycles. The summed E-state index contributed by atoms with van der Waals surface area (Å²) in [6, 6.07) is 0. The molecule has 1 amide bonds. The van der Waals surface area contributed by atoms with Crippen molar-refractivity contribution in [2.24, 2.45) is 13.0 Å². The Morgan fingerprint density at radius 3 is 2.44 bits per heavy atom. The molecule has 11 heteroatoms. The summed E-state index contributed by atoms with van der Waals surface area (Å²) < 4.78 is 12.2. The zero-order valence-corrected chi connectivity index (χ0v) is 21.8. The minimum absolute atomic E-state index is 0.0867. The van der Waals surface area contributed by atoms with E-state index in [1.54, 1.807) is 20.8 Å². The molecular weight excluding hydrogens is 476 g/mol. The number of nitrogens with zero attached hydrogens (tertiary/aromatic N) is 3. The lowest BCUT2D eigenvalue weighted by Gasteiger charge is -2.20. The molecular formula is C23H32N4O5S2. The average Bonchev–Trinajstić information content (AvgIpc) is 3.32. The van der Waals surface area contributed by atoms with Gasteiger partial charge in [0.2, 0.25) is 5.91 Å². The summed E-state index contributed by atoms with van der Waals surface area (Å²) in [5.41, 5.74) is 0.618. The van der Waals surface area contributed by atoms with Crippen LogP contribution in [-0.2, 0) is 27.7 Å². The monoisotopic (exact) mass is 508 g/mol. The summed E-state index contributed by atoms with van der Waals surface area (Å²) in [6.07, 6.45) is 7.23. The predicted molar refractivity (Wildman–Crippen MR) is 132 cm³/mol. The van der Waals surface area contributed by atoms with E-state index in [0.717, 1.165) is 23.6 Å². The summed E-state index contributed by atoms with van der Waals surface area (Å²) in [5, 5.41) is 12.3. The second-order valence-corrected chi connectivity index (χ2v) is 10.2. The van der Waals surface area contributed by atoms with Crippen LogP contribution in [0.1, 0.15) is 77.4 Å². The third-order valence-electron chi connectivity index (χ3n) is 5.79. The van der Waals surface area contributed by atoms with Crippen molar-refractivity contribution in [3.8, 4) is 0 Å². The quantitative estimate of drug-likeness (QED) is 0.371. The molecule has 2 aromatic heterocycles. The molecule has 186 valence electrons. The summed E-state index contributed by atoms with van der Waals surface area (Å²) >= 11 is 2.30. The molecule has 9 nitrogen and oxygen atoms in total. The maximum Gasteiger partial charge on any atom is 0.348 e. The number of carbonyl (C=O) groups excluding carboxylic acids is 3. The first kappa shape index (κ1) is 26.2. The maximum atomic E-state index is 12.7. The number of ether oxygens (including phenoxy) is 2. The lowest BCUT2D eigenvalue weighted by Crippen LogP contribution is -2.17. The normalized spacial score (nSPS) is 14.1. The SMILES string of the molecule is CCOC(=O)c1sc(NC(=O)CSc2nnc(CC3CCCCC3)n2C)c(C(=O)OCC)c1C. The number of anilines is 1. The van der Waals surface area contributed by atoms with E-state index in [0.29, 0.717) is 16.6 Å². The van der Waals surface area contributed by atoms with Gasteiger partial charge in [0, 0.05) is 13.5 Å². The molecule has 0 atom stereocenters. The van der Waals surface area contributed by atoms with Gasteiger partial charge in [-0.3, -0.25) is 4.79 Å². The van der Waals surface area contributed by atoms with Crippen molar-refractivity contribution in [1.29, 1.82) is 0 Å². The number of thiophene rings is 1. The number of hydrogen-bond acceptors (Lipinski definition) is 9. The topological polar surface area (TPSA) is 112 Å². The van der Waals surface area contributed by atoms with E-state index in [9.17, 15) is 14.4 Å². The molecule has 1 aliphatic carbocycles. The summed E-state index contributed by atoms with van der Waals surface area (Å²) in [4.78, 5) is 37.8. The first-order valence-electron chi connectivity index (χ1n) is 11.6. The fourth-order valence-corrected chi connectivity index (χ4v) is 5.87. The van der Waals surface area contributed by atoms with Crippen molar-refractivity contribution in [3.05, 3.63) is 21.8 Å². The lowest BCUT2D eigenvalue weighted by atomic mass is 9.87. The minimum Gasteiger partial charge on any atom is -0.462 e. The van der Waals surface area contributed by atoms with E-state index in [-0.39, 0.29) is 40.3 Å². The Kier molecular flexibility index (Phi) is 9.52. The van der Waals surface area contributed by atoms with Crippen molar-refractivity contribution >= 4 is 45.9 Å².